The Hall–Kier alpha value is -2.39. The zero-order chi connectivity index (χ0) is 25.4. The molecule has 1 aliphatic carbocycles. The lowest BCUT2D eigenvalue weighted by molar-refractivity contribution is -0.159. The molecule has 0 radical (unpaired) electrons. The van der Waals surface area contributed by atoms with E-state index in [9.17, 15) is 18.8 Å². The first-order valence-corrected chi connectivity index (χ1v) is 12.8. The number of urea groups is 1. The van der Waals surface area contributed by atoms with Crippen molar-refractivity contribution in [2.45, 2.75) is 65.8 Å². The monoisotopic (exact) mass is 507 g/mol. The zero-order valence-corrected chi connectivity index (χ0v) is 21.5. The van der Waals surface area contributed by atoms with Crippen molar-refractivity contribution in [1.82, 2.24) is 25.6 Å². The van der Waals surface area contributed by atoms with E-state index >= 15 is 0 Å². The molecule has 8 nitrogen and oxygen atoms in total. The molecule has 4 unspecified atom stereocenters. The smallest absolute Gasteiger partial charge is 0.337 e. The fourth-order valence-electron chi connectivity index (χ4n) is 5.34. The molecule has 1 aromatic carbocycles. The van der Waals surface area contributed by atoms with Gasteiger partial charge in [0.2, 0.25) is 11.8 Å². The highest BCUT2D eigenvalue weighted by Gasteiger charge is 2.56. The summed E-state index contributed by atoms with van der Waals surface area (Å²) < 4.78 is 14.5. The van der Waals surface area contributed by atoms with Crippen LogP contribution in [0.4, 0.5) is 9.18 Å². The number of hydrogen-bond acceptors (Lipinski definition) is 4. The molecule has 4 amide bonds. The number of hydrogen-bond donors (Lipinski definition) is 2. The van der Waals surface area contributed by atoms with Crippen LogP contribution in [0.25, 0.3) is 0 Å². The molecule has 4 atom stereocenters. The summed E-state index contributed by atoms with van der Waals surface area (Å²) in [5, 5.41) is 4.57. The molecule has 2 N–H and O–H groups in total. The van der Waals surface area contributed by atoms with Crippen molar-refractivity contribution < 1.29 is 18.8 Å². The molecular formula is C25H35ClFN5O3. The second-order valence-corrected chi connectivity index (χ2v) is 11.1. The molecule has 192 valence electrons. The molecule has 0 spiro atoms. The van der Waals surface area contributed by atoms with E-state index in [4.69, 9.17) is 11.6 Å². The molecule has 1 saturated carbocycles. The summed E-state index contributed by atoms with van der Waals surface area (Å²) in [6, 6.07) is 3.67. The molecule has 10 heteroatoms. The number of halogens is 2. The summed E-state index contributed by atoms with van der Waals surface area (Å²) in [7, 11) is 0. The number of carbonyl (C=O) groups is 3. The SMILES string of the molecule is CC(C)CNC(=O)C1CCC2C(=O)N(CC(C)C)C3NN(Cc4c(F)cccc4Cl)C(=O)N3C2C1. The standard InChI is InChI=1S/C25H35ClFN5O3/c1-14(2)11-28-22(33)16-8-9-17-21(10-16)32-24(30(23(17)34)12-15(3)4)29-31(25(32)35)13-18-19(26)6-5-7-20(18)27/h5-7,14-17,21,24,29H,8-13H2,1-4H3,(H,28,33). The Morgan fingerprint density at radius 1 is 1.20 bits per heavy atom. The van der Waals surface area contributed by atoms with Gasteiger partial charge in [-0.15, -0.1) is 0 Å². The molecule has 0 aromatic heterocycles. The number of fused-ring (bicyclic) bond motifs is 3. The van der Waals surface area contributed by atoms with E-state index < -0.39 is 18.1 Å². The van der Waals surface area contributed by atoms with Gasteiger partial charge in [0.25, 0.3) is 0 Å². The van der Waals surface area contributed by atoms with E-state index in [-0.39, 0.29) is 52.7 Å². The highest BCUT2D eigenvalue weighted by molar-refractivity contribution is 6.31. The van der Waals surface area contributed by atoms with Crippen LogP contribution in [0.2, 0.25) is 5.02 Å². The van der Waals surface area contributed by atoms with Gasteiger partial charge in [0.15, 0.2) is 6.29 Å². The van der Waals surface area contributed by atoms with Crippen molar-refractivity contribution in [2.75, 3.05) is 13.1 Å². The maximum Gasteiger partial charge on any atom is 0.337 e. The Kier molecular flexibility index (Phi) is 7.57. The van der Waals surface area contributed by atoms with Crippen molar-refractivity contribution in [1.29, 1.82) is 0 Å². The molecular weight excluding hydrogens is 473 g/mol. The topological polar surface area (TPSA) is 85.0 Å². The predicted molar refractivity (Wildman–Crippen MR) is 130 cm³/mol. The van der Waals surface area contributed by atoms with Crippen molar-refractivity contribution in [3.8, 4) is 0 Å². The van der Waals surface area contributed by atoms with Crippen LogP contribution in [-0.4, -0.2) is 58.1 Å². The van der Waals surface area contributed by atoms with Gasteiger partial charge in [-0.25, -0.2) is 9.18 Å². The second-order valence-electron chi connectivity index (χ2n) is 10.7. The molecule has 4 rings (SSSR count). The van der Waals surface area contributed by atoms with Crippen molar-refractivity contribution in [2.24, 2.45) is 23.7 Å². The lowest BCUT2D eigenvalue weighted by Crippen LogP contribution is -2.67. The van der Waals surface area contributed by atoms with E-state index in [1.165, 1.54) is 17.1 Å². The number of nitrogens with one attached hydrogen (secondary N) is 2. The fraction of sp³-hybridized carbons (Fsp3) is 0.640. The number of nitrogens with zero attached hydrogens (tertiary/aromatic N) is 3. The van der Waals surface area contributed by atoms with Crippen LogP contribution in [0.5, 0.6) is 0 Å². The van der Waals surface area contributed by atoms with Crippen LogP contribution in [0.15, 0.2) is 18.2 Å². The van der Waals surface area contributed by atoms with Crippen LogP contribution < -0.4 is 10.7 Å². The second kappa shape index (κ2) is 10.3. The van der Waals surface area contributed by atoms with E-state index in [0.717, 1.165) is 0 Å². The fourth-order valence-corrected chi connectivity index (χ4v) is 5.57. The minimum atomic E-state index is -0.679. The third-order valence-electron chi connectivity index (χ3n) is 7.05. The van der Waals surface area contributed by atoms with E-state index in [1.54, 1.807) is 15.9 Å². The van der Waals surface area contributed by atoms with Crippen LogP contribution in [0.1, 0.15) is 52.5 Å². The van der Waals surface area contributed by atoms with Crippen LogP contribution in [0, 0.1) is 29.5 Å². The molecule has 35 heavy (non-hydrogen) atoms. The molecule has 0 bridgehead atoms. The number of carbonyl (C=O) groups excluding carboxylic acids is 3. The van der Waals surface area contributed by atoms with Crippen LogP contribution >= 0.6 is 11.6 Å². The molecule has 2 heterocycles. The molecule has 3 aliphatic rings. The van der Waals surface area contributed by atoms with Gasteiger partial charge in [-0.3, -0.25) is 19.5 Å². The number of rotatable bonds is 7. The van der Waals surface area contributed by atoms with Gasteiger partial charge in [0.1, 0.15) is 5.82 Å². The van der Waals surface area contributed by atoms with Gasteiger partial charge >= 0.3 is 6.03 Å². The Morgan fingerprint density at radius 3 is 2.60 bits per heavy atom. The van der Waals surface area contributed by atoms with E-state index in [0.29, 0.717) is 38.3 Å². The van der Waals surface area contributed by atoms with E-state index in [2.05, 4.69) is 10.7 Å². The molecule has 3 fully saturated rings. The first-order chi connectivity index (χ1) is 16.6. The average Bonchev–Trinajstić information content (AvgIpc) is 3.13. The highest BCUT2D eigenvalue weighted by Crippen LogP contribution is 2.41. The van der Waals surface area contributed by atoms with Crippen molar-refractivity contribution >= 4 is 29.4 Å². The Bertz CT molecular complexity index is 970. The van der Waals surface area contributed by atoms with Gasteiger partial charge in [0, 0.05) is 35.6 Å². The zero-order valence-electron chi connectivity index (χ0n) is 20.8. The summed E-state index contributed by atoms with van der Waals surface area (Å²) in [5.74, 6) is -0.613. The highest BCUT2D eigenvalue weighted by atomic mass is 35.5. The van der Waals surface area contributed by atoms with E-state index in [1.807, 2.05) is 27.7 Å². The van der Waals surface area contributed by atoms with Gasteiger partial charge in [-0.1, -0.05) is 45.4 Å². The quantitative estimate of drug-likeness (QED) is 0.591. The summed E-state index contributed by atoms with van der Waals surface area (Å²) in [4.78, 5) is 43.4. The van der Waals surface area contributed by atoms with Gasteiger partial charge in [-0.2, -0.15) is 5.43 Å². The summed E-state index contributed by atoms with van der Waals surface area (Å²) in [6.07, 6.45) is 0.907. The normalized spacial score (nSPS) is 26.5. The van der Waals surface area contributed by atoms with Gasteiger partial charge in [-0.05, 0) is 43.2 Å². The largest absolute Gasteiger partial charge is 0.356 e. The summed E-state index contributed by atoms with van der Waals surface area (Å²) in [6.45, 7) is 9.12. The maximum absolute atomic E-state index is 14.5. The summed E-state index contributed by atoms with van der Waals surface area (Å²) >= 11 is 6.22. The number of amides is 4. The number of benzene rings is 1. The van der Waals surface area contributed by atoms with Crippen molar-refractivity contribution in [3.63, 3.8) is 0 Å². The lowest BCUT2D eigenvalue weighted by Gasteiger charge is -2.50. The number of hydrazine groups is 1. The van der Waals surface area contributed by atoms with Gasteiger partial charge < -0.3 is 10.2 Å². The Balaban J connectivity index is 1.60. The molecule has 2 aliphatic heterocycles. The van der Waals surface area contributed by atoms with Gasteiger partial charge in [0.05, 0.1) is 12.5 Å². The first-order valence-electron chi connectivity index (χ1n) is 12.5. The average molecular weight is 508 g/mol. The van der Waals surface area contributed by atoms with Crippen molar-refractivity contribution in [3.05, 3.63) is 34.6 Å². The predicted octanol–water partition coefficient (Wildman–Crippen LogP) is 3.56. The first kappa shape index (κ1) is 25.7. The van der Waals surface area contributed by atoms with Crippen LogP contribution in [0.3, 0.4) is 0 Å². The Labute approximate surface area is 211 Å². The third-order valence-corrected chi connectivity index (χ3v) is 7.41. The van der Waals surface area contributed by atoms with Crippen LogP contribution in [-0.2, 0) is 16.1 Å². The lowest BCUT2D eigenvalue weighted by atomic mass is 9.75. The molecule has 1 aromatic rings. The third kappa shape index (κ3) is 5.11. The Morgan fingerprint density at radius 2 is 1.94 bits per heavy atom. The minimum Gasteiger partial charge on any atom is -0.356 e. The molecule has 2 saturated heterocycles. The summed E-state index contributed by atoms with van der Waals surface area (Å²) in [5.41, 5.74) is 3.35. The minimum absolute atomic E-state index is 0.00272. The maximum atomic E-state index is 14.5.